The molecule has 1 aliphatic heterocycles. The number of benzene rings is 2. The molecule has 0 bridgehead atoms. The highest BCUT2D eigenvalue weighted by Crippen LogP contribution is 2.22. The summed E-state index contributed by atoms with van der Waals surface area (Å²) in [5.41, 5.74) is 0.669. The number of nitrogens with one attached hydrogen (secondary N) is 1. The van der Waals surface area contributed by atoms with Crippen LogP contribution in [0.3, 0.4) is 0 Å². The van der Waals surface area contributed by atoms with Gasteiger partial charge in [-0.2, -0.15) is 0 Å². The Labute approximate surface area is 130 Å². The Hall–Kier alpha value is -2.33. The molecule has 3 rings (SSSR count). The summed E-state index contributed by atoms with van der Waals surface area (Å²) >= 11 is 0. The normalized spacial score (nSPS) is 18.0. The van der Waals surface area contributed by atoms with Crippen LogP contribution in [-0.2, 0) is 0 Å². The molecule has 1 fully saturated rings. The van der Waals surface area contributed by atoms with Crippen molar-refractivity contribution in [2.45, 2.75) is 13.0 Å². The second-order valence-corrected chi connectivity index (χ2v) is 5.49. The van der Waals surface area contributed by atoms with Gasteiger partial charge in [-0.3, -0.25) is 4.79 Å². The zero-order valence-corrected chi connectivity index (χ0v) is 12.7. The topological polar surface area (TPSA) is 41.6 Å². The molecule has 0 saturated carbocycles. The third kappa shape index (κ3) is 3.28. The van der Waals surface area contributed by atoms with Crippen molar-refractivity contribution in [1.82, 2.24) is 10.2 Å². The van der Waals surface area contributed by atoms with Gasteiger partial charge in [-0.15, -0.1) is 0 Å². The largest absolute Gasteiger partial charge is 0.457 e. The van der Waals surface area contributed by atoms with Crippen molar-refractivity contribution in [2.75, 3.05) is 19.6 Å². The molecule has 1 aliphatic rings. The van der Waals surface area contributed by atoms with Crippen LogP contribution >= 0.6 is 0 Å². The maximum Gasteiger partial charge on any atom is 0.254 e. The molecule has 1 saturated heterocycles. The lowest BCUT2D eigenvalue weighted by atomic mass is 10.1. The third-order valence-corrected chi connectivity index (χ3v) is 3.82. The number of amides is 1. The van der Waals surface area contributed by atoms with E-state index in [0.29, 0.717) is 11.3 Å². The number of rotatable bonds is 3. The summed E-state index contributed by atoms with van der Waals surface area (Å²) < 4.78 is 5.80. The van der Waals surface area contributed by atoms with Crippen molar-refractivity contribution < 1.29 is 9.53 Å². The standard InChI is InChI=1S/C18H20N2O2/c1-14-13-19-10-11-20(14)18(21)15-6-5-9-17(12-15)22-16-7-3-2-4-8-16/h2-9,12,14,19H,10-11,13H2,1H3/t14-/m0/s1. The van der Waals surface area contributed by atoms with E-state index in [9.17, 15) is 4.79 Å². The van der Waals surface area contributed by atoms with Crippen LogP contribution in [0.25, 0.3) is 0 Å². The number of hydrogen-bond donors (Lipinski definition) is 1. The lowest BCUT2D eigenvalue weighted by Crippen LogP contribution is -2.52. The minimum Gasteiger partial charge on any atom is -0.457 e. The van der Waals surface area contributed by atoms with Gasteiger partial charge in [0.15, 0.2) is 0 Å². The highest BCUT2D eigenvalue weighted by atomic mass is 16.5. The van der Waals surface area contributed by atoms with Gasteiger partial charge in [0.25, 0.3) is 5.91 Å². The third-order valence-electron chi connectivity index (χ3n) is 3.82. The zero-order chi connectivity index (χ0) is 15.4. The Balaban J connectivity index is 1.77. The van der Waals surface area contributed by atoms with Crippen LogP contribution in [0.15, 0.2) is 54.6 Å². The predicted octanol–water partition coefficient (Wildman–Crippen LogP) is 2.91. The summed E-state index contributed by atoms with van der Waals surface area (Å²) in [6.07, 6.45) is 0. The number of piperazine rings is 1. The molecule has 0 unspecified atom stereocenters. The molecule has 0 aromatic heterocycles. The number of carbonyl (C=O) groups is 1. The maximum absolute atomic E-state index is 12.7. The summed E-state index contributed by atoms with van der Waals surface area (Å²) in [5.74, 6) is 1.51. The zero-order valence-electron chi connectivity index (χ0n) is 12.7. The van der Waals surface area contributed by atoms with Crippen molar-refractivity contribution >= 4 is 5.91 Å². The molecule has 4 nitrogen and oxygen atoms in total. The highest BCUT2D eigenvalue weighted by Gasteiger charge is 2.24. The number of para-hydroxylation sites is 1. The summed E-state index contributed by atoms with van der Waals surface area (Å²) in [4.78, 5) is 14.6. The van der Waals surface area contributed by atoms with Crippen molar-refractivity contribution in [3.8, 4) is 11.5 Å². The minimum absolute atomic E-state index is 0.0625. The van der Waals surface area contributed by atoms with Crippen LogP contribution < -0.4 is 10.1 Å². The van der Waals surface area contributed by atoms with Crippen molar-refractivity contribution in [3.63, 3.8) is 0 Å². The molecular weight excluding hydrogens is 276 g/mol. The minimum atomic E-state index is 0.0625. The van der Waals surface area contributed by atoms with Gasteiger partial charge in [-0.1, -0.05) is 24.3 Å². The van der Waals surface area contributed by atoms with E-state index in [0.717, 1.165) is 25.4 Å². The van der Waals surface area contributed by atoms with Gasteiger partial charge in [0.2, 0.25) is 0 Å². The second kappa shape index (κ2) is 6.62. The van der Waals surface area contributed by atoms with E-state index in [1.165, 1.54) is 0 Å². The first-order chi connectivity index (χ1) is 10.7. The molecular formula is C18H20N2O2. The first-order valence-corrected chi connectivity index (χ1v) is 7.59. The average molecular weight is 296 g/mol. The number of ether oxygens (including phenoxy) is 1. The van der Waals surface area contributed by atoms with E-state index >= 15 is 0 Å². The van der Waals surface area contributed by atoms with Crippen molar-refractivity contribution in [2.24, 2.45) is 0 Å². The van der Waals surface area contributed by atoms with Crippen LogP contribution in [-0.4, -0.2) is 36.5 Å². The summed E-state index contributed by atoms with van der Waals surface area (Å²) in [6.45, 7) is 4.49. The van der Waals surface area contributed by atoms with E-state index in [1.807, 2.05) is 59.5 Å². The van der Waals surface area contributed by atoms with Gasteiger partial charge >= 0.3 is 0 Å². The van der Waals surface area contributed by atoms with Crippen molar-refractivity contribution in [1.29, 1.82) is 0 Å². The monoisotopic (exact) mass is 296 g/mol. The molecule has 114 valence electrons. The summed E-state index contributed by atoms with van der Waals surface area (Å²) in [5, 5.41) is 3.30. The summed E-state index contributed by atoms with van der Waals surface area (Å²) in [7, 11) is 0. The van der Waals surface area contributed by atoms with Crippen LogP contribution in [0.5, 0.6) is 11.5 Å². The van der Waals surface area contributed by atoms with E-state index in [-0.39, 0.29) is 11.9 Å². The molecule has 4 heteroatoms. The summed E-state index contributed by atoms with van der Waals surface area (Å²) in [6, 6.07) is 17.2. The Morgan fingerprint density at radius 1 is 1.14 bits per heavy atom. The lowest BCUT2D eigenvalue weighted by molar-refractivity contribution is 0.0655. The van der Waals surface area contributed by atoms with Gasteiger partial charge in [0.05, 0.1) is 0 Å². The fourth-order valence-corrected chi connectivity index (χ4v) is 2.63. The average Bonchev–Trinajstić information content (AvgIpc) is 2.56. The molecule has 1 amide bonds. The highest BCUT2D eigenvalue weighted by molar-refractivity contribution is 5.95. The maximum atomic E-state index is 12.7. The van der Waals surface area contributed by atoms with Gasteiger partial charge in [-0.05, 0) is 37.3 Å². The van der Waals surface area contributed by atoms with Crippen LogP contribution in [0.4, 0.5) is 0 Å². The van der Waals surface area contributed by atoms with Gasteiger partial charge in [-0.25, -0.2) is 0 Å². The number of carbonyl (C=O) groups excluding carboxylic acids is 1. The Morgan fingerprint density at radius 3 is 2.68 bits per heavy atom. The van der Waals surface area contributed by atoms with Gasteiger partial charge < -0.3 is 15.0 Å². The van der Waals surface area contributed by atoms with Crippen LogP contribution in [0.1, 0.15) is 17.3 Å². The van der Waals surface area contributed by atoms with E-state index in [2.05, 4.69) is 12.2 Å². The molecule has 0 radical (unpaired) electrons. The fourth-order valence-electron chi connectivity index (χ4n) is 2.63. The number of nitrogens with zero attached hydrogens (tertiary/aromatic N) is 1. The molecule has 1 heterocycles. The molecule has 1 atom stereocenters. The molecule has 0 aliphatic carbocycles. The molecule has 1 N–H and O–H groups in total. The second-order valence-electron chi connectivity index (χ2n) is 5.49. The lowest BCUT2D eigenvalue weighted by Gasteiger charge is -2.34. The first kappa shape index (κ1) is 14.6. The molecule has 2 aromatic carbocycles. The smallest absolute Gasteiger partial charge is 0.254 e. The van der Waals surface area contributed by atoms with Crippen LogP contribution in [0, 0.1) is 0 Å². The van der Waals surface area contributed by atoms with E-state index < -0.39 is 0 Å². The quantitative estimate of drug-likeness (QED) is 0.947. The van der Waals surface area contributed by atoms with Crippen molar-refractivity contribution in [3.05, 3.63) is 60.2 Å². The van der Waals surface area contributed by atoms with Crippen LogP contribution in [0.2, 0.25) is 0 Å². The first-order valence-electron chi connectivity index (χ1n) is 7.59. The van der Waals surface area contributed by atoms with Gasteiger partial charge in [0.1, 0.15) is 11.5 Å². The Kier molecular flexibility index (Phi) is 4.39. The Morgan fingerprint density at radius 2 is 1.91 bits per heavy atom. The van der Waals surface area contributed by atoms with E-state index in [4.69, 9.17) is 4.74 Å². The van der Waals surface area contributed by atoms with E-state index in [1.54, 1.807) is 0 Å². The predicted molar refractivity (Wildman–Crippen MR) is 86.3 cm³/mol. The fraction of sp³-hybridized carbons (Fsp3) is 0.278. The number of hydrogen-bond acceptors (Lipinski definition) is 3. The SMILES string of the molecule is C[C@H]1CNCCN1C(=O)c1cccc(Oc2ccccc2)c1. The molecule has 2 aromatic rings. The molecule has 22 heavy (non-hydrogen) atoms. The Bertz CT molecular complexity index is 643. The molecule has 0 spiro atoms. The van der Waals surface area contributed by atoms with Gasteiger partial charge in [0, 0.05) is 31.2 Å².